The first kappa shape index (κ1) is 20.6. The summed E-state index contributed by atoms with van der Waals surface area (Å²) in [5.74, 6) is 1.08. The van der Waals surface area contributed by atoms with Gasteiger partial charge in [-0.2, -0.15) is 0 Å². The summed E-state index contributed by atoms with van der Waals surface area (Å²) < 4.78 is 0. The van der Waals surface area contributed by atoms with E-state index >= 15 is 0 Å². The van der Waals surface area contributed by atoms with E-state index in [2.05, 4.69) is 45.1 Å². The van der Waals surface area contributed by atoms with Crippen LogP contribution in [0.2, 0.25) is 0 Å². The van der Waals surface area contributed by atoms with Crippen LogP contribution < -0.4 is 5.73 Å². The standard InChI is InChI=1S/C16H26N2.C4H8/c1-3-8-15(4-2)9-5-10-16(11-6-13-17)12-7-14-18;1-4-2-3-4/h4-6,9,11-12,14,18H,3,7-8,10,13,17H2,1-2H3;4H,2-3H2,1H3/b9-5-,11-6-,15-4-,16-12-,18-14?;. The first-order chi connectivity index (χ1) is 10.7. The van der Waals surface area contributed by atoms with Crippen molar-refractivity contribution in [3.8, 4) is 0 Å². The SMILES string of the molecule is C/C=C(\C=C/CC(/C=C\CN)=C/CC=N)CCC.CC1CC1. The van der Waals surface area contributed by atoms with Crippen molar-refractivity contribution in [1.29, 1.82) is 5.41 Å². The first-order valence-electron chi connectivity index (χ1n) is 8.54. The van der Waals surface area contributed by atoms with Gasteiger partial charge in [-0.25, -0.2) is 0 Å². The number of nitrogens with one attached hydrogen (secondary N) is 1. The summed E-state index contributed by atoms with van der Waals surface area (Å²) in [6, 6.07) is 0. The Hall–Kier alpha value is -1.41. The van der Waals surface area contributed by atoms with E-state index in [1.165, 1.54) is 36.6 Å². The van der Waals surface area contributed by atoms with Crippen LogP contribution in [0.25, 0.3) is 0 Å². The smallest absolute Gasteiger partial charge is 0.0110 e. The van der Waals surface area contributed by atoms with Crippen LogP contribution in [0.15, 0.2) is 47.6 Å². The molecule has 0 unspecified atom stereocenters. The van der Waals surface area contributed by atoms with Gasteiger partial charge in [-0.1, -0.05) is 75.1 Å². The Labute approximate surface area is 137 Å². The molecule has 0 heterocycles. The first-order valence-corrected chi connectivity index (χ1v) is 8.54. The van der Waals surface area contributed by atoms with E-state index in [-0.39, 0.29) is 0 Å². The second-order valence-electron chi connectivity index (χ2n) is 5.76. The van der Waals surface area contributed by atoms with Gasteiger partial charge in [-0.15, -0.1) is 0 Å². The molecule has 0 radical (unpaired) electrons. The maximum Gasteiger partial charge on any atom is 0.0110 e. The molecule has 1 rings (SSSR count). The van der Waals surface area contributed by atoms with Gasteiger partial charge >= 0.3 is 0 Å². The molecule has 1 aliphatic carbocycles. The predicted octanol–water partition coefficient (Wildman–Crippen LogP) is 5.58. The van der Waals surface area contributed by atoms with Gasteiger partial charge in [-0.05, 0) is 37.5 Å². The van der Waals surface area contributed by atoms with Crippen molar-refractivity contribution >= 4 is 6.21 Å². The summed E-state index contributed by atoms with van der Waals surface area (Å²) >= 11 is 0. The zero-order chi connectivity index (χ0) is 16.6. The molecule has 2 nitrogen and oxygen atoms in total. The largest absolute Gasteiger partial charge is 0.327 e. The van der Waals surface area contributed by atoms with Crippen LogP contribution in [0, 0.1) is 11.3 Å². The zero-order valence-electron chi connectivity index (χ0n) is 14.6. The van der Waals surface area contributed by atoms with Crippen molar-refractivity contribution in [3.63, 3.8) is 0 Å². The van der Waals surface area contributed by atoms with E-state index in [0.29, 0.717) is 13.0 Å². The average Bonchev–Trinajstić information content (AvgIpc) is 3.31. The monoisotopic (exact) mass is 302 g/mol. The second kappa shape index (κ2) is 14.5. The van der Waals surface area contributed by atoms with E-state index in [1.807, 2.05) is 12.2 Å². The Morgan fingerprint density at radius 2 is 1.82 bits per heavy atom. The molecule has 0 spiro atoms. The summed E-state index contributed by atoms with van der Waals surface area (Å²) in [5, 5.41) is 7.06. The number of nitrogens with two attached hydrogens (primary N) is 1. The van der Waals surface area contributed by atoms with Crippen molar-refractivity contribution in [3.05, 3.63) is 47.6 Å². The maximum atomic E-state index is 7.06. The zero-order valence-corrected chi connectivity index (χ0v) is 14.6. The Kier molecular flexibility index (Phi) is 13.6. The molecule has 0 bridgehead atoms. The molecule has 0 amide bonds. The number of hydrogen-bond acceptors (Lipinski definition) is 2. The van der Waals surface area contributed by atoms with Crippen LogP contribution in [-0.2, 0) is 0 Å². The van der Waals surface area contributed by atoms with Crippen molar-refractivity contribution in [1.82, 2.24) is 0 Å². The minimum atomic E-state index is 0.557. The van der Waals surface area contributed by atoms with E-state index < -0.39 is 0 Å². The van der Waals surface area contributed by atoms with Crippen LogP contribution in [0.3, 0.4) is 0 Å². The minimum absolute atomic E-state index is 0.557. The molecule has 1 saturated carbocycles. The van der Waals surface area contributed by atoms with Gasteiger partial charge in [0, 0.05) is 13.0 Å². The third-order valence-corrected chi connectivity index (χ3v) is 3.43. The molecule has 22 heavy (non-hydrogen) atoms. The lowest BCUT2D eigenvalue weighted by Gasteiger charge is -2.00. The summed E-state index contributed by atoms with van der Waals surface area (Å²) in [6.07, 6.45) is 20.9. The van der Waals surface area contributed by atoms with Crippen LogP contribution in [0.1, 0.15) is 59.3 Å². The Balaban J connectivity index is 0.000000939. The molecule has 0 aromatic carbocycles. The van der Waals surface area contributed by atoms with Crippen molar-refractivity contribution < 1.29 is 0 Å². The van der Waals surface area contributed by atoms with Crippen LogP contribution in [0.4, 0.5) is 0 Å². The molecule has 1 aliphatic rings. The highest BCUT2D eigenvalue weighted by molar-refractivity contribution is 5.56. The van der Waals surface area contributed by atoms with Crippen molar-refractivity contribution in [2.75, 3.05) is 6.54 Å². The number of allylic oxidation sites excluding steroid dienone is 7. The number of hydrogen-bond donors (Lipinski definition) is 2. The fourth-order valence-corrected chi connectivity index (χ4v) is 1.77. The second-order valence-corrected chi connectivity index (χ2v) is 5.76. The highest BCUT2D eigenvalue weighted by atomic mass is 14.5. The van der Waals surface area contributed by atoms with E-state index in [1.54, 1.807) is 0 Å². The molecule has 3 N–H and O–H groups in total. The fraction of sp³-hybridized carbons (Fsp3) is 0.550. The summed E-state index contributed by atoms with van der Waals surface area (Å²) in [5.41, 5.74) is 8.05. The van der Waals surface area contributed by atoms with Gasteiger partial charge < -0.3 is 11.1 Å². The lowest BCUT2D eigenvalue weighted by atomic mass is 10.1. The summed E-state index contributed by atoms with van der Waals surface area (Å²) in [7, 11) is 0. The Morgan fingerprint density at radius 1 is 1.18 bits per heavy atom. The molecule has 0 aromatic heterocycles. The lowest BCUT2D eigenvalue weighted by Crippen LogP contribution is -1.92. The summed E-state index contributed by atoms with van der Waals surface area (Å²) in [4.78, 5) is 0. The molecule has 2 heteroatoms. The van der Waals surface area contributed by atoms with Gasteiger partial charge in [0.05, 0.1) is 0 Å². The van der Waals surface area contributed by atoms with E-state index in [4.69, 9.17) is 11.1 Å². The Morgan fingerprint density at radius 3 is 2.27 bits per heavy atom. The van der Waals surface area contributed by atoms with Crippen molar-refractivity contribution in [2.24, 2.45) is 11.7 Å². The van der Waals surface area contributed by atoms with Crippen LogP contribution >= 0.6 is 0 Å². The minimum Gasteiger partial charge on any atom is -0.327 e. The highest BCUT2D eigenvalue weighted by Gasteiger charge is 2.12. The molecular formula is C20H34N2. The van der Waals surface area contributed by atoms with E-state index in [9.17, 15) is 0 Å². The molecule has 0 atom stereocenters. The quantitative estimate of drug-likeness (QED) is 0.424. The molecule has 0 aliphatic heterocycles. The highest BCUT2D eigenvalue weighted by Crippen LogP contribution is 2.26. The normalized spacial score (nSPS) is 16.0. The maximum absolute atomic E-state index is 7.06. The molecule has 1 fully saturated rings. The van der Waals surface area contributed by atoms with Gasteiger partial charge in [0.1, 0.15) is 0 Å². The van der Waals surface area contributed by atoms with Crippen molar-refractivity contribution in [2.45, 2.75) is 59.3 Å². The third kappa shape index (κ3) is 13.6. The van der Waals surface area contributed by atoms with Gasteiger partial charge in [-0.3, -0.25) is 0 Å². The fourth-order valence-electron chi connectivity index (χ4n) is 1.77. The van der Waals surface area contributed by atoms with Gasteiger partial charge in [0.15, 0.2) is 0 Å². The van der Waals surface area contributed by atoms with Crippen LogP contribution in [0.5, 0.6) is 0 Å². The van der Waals surface area contributed by atoms with Gasteiger partial charge in [0.25, 0.3) is 0 Å². The lowest BCUT2D eigenvalue weighted by molar-refractivity contribution is 0.923. The summed E-state index contributed by atoms with van der Waals surface area (Å²) in [6.45, 7) is 7.10. The average molecular weight is 303 g/mol. The predicted molar refractivity (Wildman–Crippen MR) is 100 cm³/mol. The van der Waals surface area contributed by atoms with Crippen LogP contribution in [-0.4, -0.2) is 12.8 Å². The topological polar surface area (TPSA) is 49.9 Å². The van der Waals surface area contributed by atoms with E-state index in [0.717, 1.165) is 18.8 Å². The molecule has 0 aromatic rings. The molecular weight excluding hydrogens is 268 g/mol. The Bertz CT molecular complexity index is 396. The molecule has 124 valence electrons. The number of rotatable bonds is 9. The third-order valence-electron chi connectivity index (χ3n) is 3.43. The van der Waals surface area contributed by atoms with Gasteiger partial charge in [0.2, 0.25) is 0 Å². The molecule has 0 saturated heterocycles.